The minimum absolute atomic E-state index is 0.0486. The van der Waals surface area contributed by atoms with Gasteiger partial charge in [-0.1, -0.05) is 15.9 Å². The molecule has 0 aromatic heterocycles. The highest BCUT2D eigenvalue weighted by atomic mass is 79.9. The number of morpholine rings is 1. The predicted molar refractivity (Wildman–Crippen MR) is 81.5 cm³/mol. The van der Waals surface area contributed by atoms with Crippen molar-refractivity contribution >= 4 is 21.6 Å². The van der Waals surface area contributed by atoms with E-state index in [1.165, 1.54) is 0 Å². The van der Waals surface area contributed by atoms with E-state index in [0.29, 0.717) is 0 Å². The summed E-state index contributed by atoms with van der Waals surface area (Å²) < 4.78 is 7.09. The number of aliphatic hydroxyl groups is 1. The highest BCUT2D eigenvalue weighted by Gasteiger charge is 2.38. The van der Waals surface area contributed by atoms with Crippen LogP contribution >= 0.6 is 15.9 Å². The Morgan fingerprint density at radius 2 is 1.79 bits per heavy atom. The Balaban J connectivity index is 2.35. The molecule has 0 saturated carbocycles. The SMILES string of the molecule is CC1(C)CN(c2ccc(Br)cc2CO)CC(C)(C)O1. The Hall–Kier alpha value is -0.580. The first-order chi connectivity index (χ1) is 8.72. The van der Waals surface area contributed by atoms with E-state index in [4.69, 9.17) is 4.74 Å². The second-order valence-electron chi connectivity index (χ2n) is 6.41. The van der Waals surface area contributed by atoms with Crippen LogP contribution in [0.15, 0.2) is 22.7 Å². The number of ether oxygens (including phenoxy) is 1. The van der Waals surface area contributed by atoms with Gasteiger partial charge in [0.15, 0.2) is 0 Å². The van der Waals surface area contributed by atoms with Crippen LogP contribution in [0.4, 0.5) is 5.69 Å². The van der Waals surface area contributed by atoms with Gasteiger partial charge in [0, 0.05) is 28.8 Å². The van der Waals surface area contributed by atoms with Crippen LogP contribution in [0.3, 0.4) is 0 Å². The fraction of sp³-hybridized carbons (Fsp3) is 0.600. The van der Waals surface area contributed by atoms with Gasteiger partial charge in [-0.05, 0) is 45.9 Å². The Bertz CT molecular complexity index is 455. The van der Waals surface area contributed by atoms with Crippen molar-refractivity contribution in [2.24, 2.45) is 0 Å². The number of aliphatic hydroxyl groups excluding tert-OH is 1. The van der Waals surface area contributed by atoms with Crippen molar-refractivity contribution in [3.63, 3.8) is 0 Å². The number of benzene rings is 1. The number of hydrogen-bond acceptors (Lipinski definition) is 3. The molecule has 1 saturated heterocycles. The molecule has 0 radical (unpaired) electrons. The first-order valence-electron chi connectivity index (χ1n) is 6.57. The van der Waals surface area contributed by atoms with Crippen LogP contribution in [-0.2, 0) is 11.3 Å². The quantitative estimate of drug-likeness (QED) is 0.904. The summed E-state index contributed by atoms with van der Waals surface area (Å²) in [7, 11) is 0. The lowest BCUT2D eigenvalue weighted by molar-refractivity contribution is -0.133. The van der Waals surface area contributed by atoms with Crippen molar-refractivity contribution in [3.8, 4) is 0 Å². The summed E-state index contributed by atoms with van der Waals surface area (Å²) in [5.74, 6) is 0. The van der Waals surface area contributed by atoms with Crippen LogP contribution in [0.25, 0.3) is 0 Å². The Morgan fingerprint density at radius 1 is 1.21 bits per heavy atom. The van der Waals surface area contributed by atoms with Gasteiger partial charge in [0.2, 0.25) is 0 Å². The average Bonchev–Trinajstić information content (AvgIpc) is 2.24. The van der Waals surface area contributed by atoms with Crippen LogP contribution in [0.5, 0.6) is 0 Å². The van der Waals surface area contributed by atoms with E-state index in [0.717, 1.165) is 28.8 Å². The number of rotatable bonds is 2. The van der Waals surface area contributed by atoms with E-state index in [9.17, 15) is 5.11 Å². The summed E-state index contributed by atoms with van der Waals surface area (Å²) in [6.07, 6.45) is 0. The molecule has 0 bridgehead atoms. The third-order valence-corrected chi connectivity index (χ3v) is 3.74. The fourth-order valence-corrected chi connectivity index (χ4v) is 3.36. The van der Waals surface area contributed by atoms with E-state index < -0.39 is 0 Å². The topological polar surface area (TPSA) is 32.7 Å². The zero-order valence-corrected chi connectivity index (χ0v) is 13.6. The summed E-state index contributed by atoms with van der Waals surface area (Å²) >= 11 is 3.45. The summed E-state index contributed by atoms with van der Waals surface area (Å²) in [6.45, 7) is 10.1. The lowest BCUT2D eigenvalue weighted by Crippen LogP contribution is -2.57. The van der Waals surface area contributed by atoms with Crippen LogP contribution in [0, 0.1) is 0 Å². The van der Waals surface area contributed by atoms with Gasteiger partial charge in [-0.2, -0.15) is 0 Å². The zero-order valence-electron chi connectivity index (χ0n) is 12.0. The molecule has 0 spiro atoms. The first kappa shape index (κ1) is 14.8. The van der Waals surface area contributed by atoms with Crippen LogP contribution < -0.4 is 4.90 Å². The number of halogens is 1. The van der Waals surface area contributed by atoms with Gasteiger partial charge in [-0.3, -0.25) is 0 Å². The van der Waals surface area contributed by atoms with Gasteiger partial charge in [-0.25, -0.2) is 0 Å². The molecule has 1 aromatic carbocycles. The smallest absolute Gasteiger partial charge is 0.0808 e. The molecular formula is C15H22BrNO2. The molecule has 4 heteroatoms. The average molecular weight is 328 g/mol. The van der Waals surface area contributed by atoms with Crippen LogP contribution in [0.2, 0.25) is 0 Å². The van der Waals surface area contributed by atoms with E-state index in [2.05, 4.69) is 54.6 Å². The predicted octanol–water partition coefficient (Wildman–Crippen LogP) is 3.34. The molecule has 1 aliphatic rings. The van der Waals surface area contributed by atoms with E-state index >= 15 is 0 Å². The van der Waals surface area contributed by atoms with Crippen molar-refractivity contribution < 1.29 is 9.84 Å². The Kier molecular flexibility index (Phi) is 3.96. The standard InChI is InChI=1S/C15H22BrNO2/c1-14(2)9-17(10-15(3,4)19-14)13-6-5-12(16)7-11(13)8-18/h5-7,18H,8-10H2,1-4H3. The summed E-state index contributed by atoms with van der Waals surface area (Å²) in [4.78, 5) is 2.31. The second kappa shape index (κ2) is 5.08. The van der Waals surface area contributed by atoms with Crippen molar-refractivity contribution in [3.05, 3.63) is 28.2 Å². The van der Waals surface area contributed by atoms with Gasteiger partial charge in [0.05, 0.1) is 17.8 Å². The van der Waals surface area contributed by atoms with Gasteiger partial charge >= 0.3 is 0 Å². The maximum atomic E-state index is 9.55. The minimum atomic E-state index is -0.193. The van der Waals surface area contributed by atoms with E-state index in [1.807, 2.05) is 12.1 Å². The highest BCUT2D eigenvalue weighted by Crippen LogP contribution is 2.34. The molecule has 1 heterocycles. The molecule has 1 aliphatic heterocycles. The number of anilines is 1. The zero-order chi connectivity index (χ0) is 14.3. The molecule has 1 aromatic rings. The number of hydrogen-bond donors (Lipinski definition) is 1. The molecule has 1 fully saturated rings. The molecule has 3 nitrogen and oxygen atoms in total. The lowest BCUT2D eigenvalue weighted by Gasteiger charge is -2.48. The summed E-state index contributed by atoms with van der Waals surface area (Å²) in [5.41, 5.74) is 1.65. The normalized spacial score (nSPS) is 21.5. The summed E-state index contributed by atoms with van der Waals surface area (Å²) in [6, 6.07) is 6.06. The molecule has 1 N–H and O–H groups in total. The molecule has 0 aliphatic carbocycles. The molecule has 0 atom stereocenters. The fourth-order valence-electron chi connectivity index (χ4n) is 2.95. The van der Waals surface area contributed by atoms with Crippen molar-refractivity contribution in [1.82, 2.24) is 0 Å². The second-order valence-corrected chi connectivity index (χ2v) is 7.32. The molecule has 0 amide bonds. The Morgan fingerprint density at radius 3 is 2.32 bits per heavy atom. The van der Waals surface area contributed by atoms with Crippen LogP contribution in [0.1, 0.15) is 33.3 Å². The Labute approximate surface area is 123 Å². The molecular weight excluding hydrogens is 306 g/mol. The van der Waals surface area contributed by atoms with E-state index in [-0.39, 0.29) is 17.8 Å². The minimum Gasteiger partial charge on any atom is -0.392 e. The molecule has 0 unspecified atom stereocenters. The monoisotopic (exact) mass is 327 g/mol. The maximum Gasteiger partial charge on any atom is 0.0808 e. The van der Waals surface area contributed by atoms with Crippen molar-refractivity contribution in [2.75, 3.05) is 18.0 Å². The van der Waals surface area contributed by atoms with Crippen LogP contribution in [-0.4, -0.2) is 29.4 Å². The third-order valence-electron chi connectivity index (χ3n) is 3.25. The molecule has 19 heavy (non-hydrogen) atoms. The van der Waals surface area contributed by atoms with Gasteiger partial charge in [0.1, 0.15) is 0 Å². The largest absolute Gasteiger partial charge is 0.392 e. The van der Waals surface area contributed by atoms with Crippen molar-refractivity contribution in [2.45, 2.75) is 45.5 Å². The third kappa shape index (κ3) is 3.50. The van der Waals surface area contributed by atoms with Gasteiger partial charge in [-0.15, -0.1) is 0 Å². The molecule has 2 rings (SSSR count). The lowest BCUT2D eigenvalue weighted by atomic mass is 9.97. The number of nitrogens with zero attached hydrogens (tertiary/aromatic N) is 1. The van der Waals surface area contributed by atoms with Gasteiger partial charge < -0.3 is 14.7 Å². The highest BCUT2D eigenvalue weighted by molar-refractivity contribution is 9.10. The van der Waals surface area contributed by atoms with Crippen molar-refractivity contribution in [1.29, 1.82) is 0 Å². The van der Waals surface area contributed by atoms with Gasteiger partial charge in [0.25, 0.3) is 0 Å². The molecule has 106 valence electrons. The summed E-state index contributed by atoms with van der Waals surface area (Å²) in [5, 5.41) is 9.55. The first-order valence-corrected chi connectivity index (χ1v) is 7.36. The van der Waals surface area contributed by atoms with E-state index in [1.54, 1.807) is 0 Å². The maximum absolute atomic E-state index is 9.55.